The Hall–Kier alpha value is -0.0800. The molecule has 3 unspecified atom stereocenters. The molecule has 0 aliphatic carbocycles. The van der Waals surface area contributed by atoms with Crippen LogP contribution in [0.15, 0.2) is 0 Å². The zero-order chi connectivity index (χ0) is 12.6. The van der Waals surface area contributed by atoms with E-state index in [2.05, 4.69) is 51.9 Å². The van der Waals surface area contributed by atoms with Crippen molar-refractivity contribution in [2.75, 3.05) is 13.6 Å². The number of hydrogen-bond acceptors (Lipinski definition) is 2. The highest BCUT2D eigenvalue weighted by Crippen LogP contribution is 2.14. The van der Waals surface area contributed by atoms with Gasteiger partial charge in [-0.05, 0) is 46.7 Å². The summed E-state index contributed by atoms with van der Waals surface area (Å²) in [4.78, 5) is 2.67. The van der Waals surface area contributed by atoms with Gasteiger partial charge in [0.15, 0.2) is 0 Å². The van der Waals surface area contributed by atoms with Gasteiger partial charge in [0.05, 0.1) is 0 Å². The molecule has 0 aromatic rings. The Morgan fingerprint density at radius 3 is 2.06 bits per heavy atom. The molecule has 2 heteroatoms. The maximum atomic E-state index is 3.45. The van der Waals surface area contributed by atoms with Crippen LogP contribution in [0.3, 0.4) is 0 Å². The minimum absolute atomic E-state index is 0.617. The van der Waals surface area contributed by atoms with Gasteiger partial charge >= 0.3 is 0 Å². The molecule has 0 saturated carbocycles. The predicted molar refractivity (Wildman–Crippen MR) is 74.0 cm³/mol. The molecule has 3 atom stereocenters. The van der Waals surface area contributed by atoms with E-state index in [1.54, 1.807) is 0 Å². The van der Waals surface area contributed by atoms with Crippen LogP contribution in [0, 0.1) is 0 Å². The molecular weight excluding hydrogens is 196 g/mol. The number of likely N-dealkylation sites (N-methyl/N-ethyl adjacent to an activating group) is 1. The largest absolute Gasteiger partial charge is 0.315 e. The van der Waals surface area contributed by atoms with Gasteiger partial charge in [0.25, 0.3) is 0 Å². The second-order valence-electron chi connectivity index (χ2n) is 4.89. The number of unbranched alkanes of at least 4 members (excludes halogenated alkanes) is 1. The van der Waals surface area contributed by atoms with Gasteiger partial charge in [-0.15, -0.1) is 0 Å². The van der Waals surface area contributed by atoms with E-state index in [4.69, 9.17) is 0 Å². The lowest BCUT2D eigenvalue weighted by Gasteiger charge is -2.38. The van der Waals surface area contributed by atoms with Crippen molar-refractivity contribution in [3.63, 3.8) is 0 Å². The molecule has 0 fully saturated rings. The van der Waals surface area contributed by atoms with E-state index in [9.17, 15) is 0 Å². The Morgan fingerprint density at radius 2 is 1.69 bits per heavy atom. The lowest BCUT2D eigenvalue weighted by Crippen LogP contribution is -2.50. The molecule has 0 saturated heterocycles. The van der Waals surface area contributed by atoms with Crippen LogP contribution >= 0.6 is 0 Å². The minimum atomic E-state index is 0.617. The lowest BCUT2D eigenvalue weighted by atomic mass is 10.0. The van der Waals surface area contributed by atoms with Crippen molar-refractivity contribution in [2.45, 2.75) is 78.4 Å². The summed E-state index contributed by atoms with van der Waals surface area (Å²) in [5, 5.41) is 3.45. The first kappa shape index (κ1) is 15.9. The van der Waals surface area contributed by atoms with E-state index in [1.165, 1.54) is 32.2 Å². The van der Waals surface area contributed by atoms with Crippen LogP contribution < -0.4 is 5.32 Å². The van der Waals surface area contributed by atoms with E-state index >= 15 is 0 Å². The molecule has 0 aliphatic heterocycles. The Balaban J connectivity index is 4.46. The Bertz CT molecular complexity index is 155. The van der Waals surface area contributed by atoms with Crippen LogP contribution in [-0.2, 0) is 0 Å². The van der Waals surface area contributed by atoms with E-state index in [0.717, 1.165) is 0 Å². The number of nitrogens with one attached hydrogen (secondary N) is 1. The average Bonchev–Trinajstić information content (AvgIpc) is 2.30. The molecule has 0 aromatic heterocycles. The van der Waals surface area contributed by atoms with Gasteiger partial charge in [0, 0.05) is 18.1 Å². The van der Waals surface area contributed by atoms with Gasteiger partial charge in [-0.1, -0.05) is 27.2 Å². The molecular formula is C14H32N2. The molecule has 16 heavy (non-hydrogen) atoms. The van der Waals surface area contributed by atoms with Crippen molar-refractivity contribution >= 4 is 0 Å². The van der Waals surface area contributed by atoms with Crippen LogP contribution in [0.2, 0.25) is 0 Å². The minimum Gasteiger partial charge on any atom is -0.315 e. The summed E-state index contributed by atoms with van der Waals surface area (Å²) in [6.07, 6.45) is 5.05. The maximum absolute atomic E-state index is 3.45. The summed E-state index contributed by atoms with van der Waals surface area (Å²) in [5.41, 5.74) is 0. The molecule has 0 heterocycles. The smallest absolute Gasteiger partial charge is 0.0223 e. The second kappa shape index (κ2) is 9.00. The Kier molecular flexibility index (Phi) is 8.96. The first-order chi connectivity index (χ1) is 7.62. The van der Waals surface area contributed by atoms with E-state index < -0.39 is 0 Å². The molecule has 0 rings (SSSR count). The molecule has 0 amide bonds. The van der Waals surface area contributed by atoms with Crippen LogP contribution in [0.25, 0.3) is 0 Å². The highest BCUT2D eigenvalue weighted by atomic mass is 15.2. The highest BCUT2D eigenvalue weighted by Gasteiger charge is 2.23. The van der Waals surface area contributed by atoms with Crippen molar-refractivity contribution in [3.05, 3.63) is 0 Å². The molecule has 0 radical (unpaired) electrons. The fourth-order valence-electron chi connectivity index (χ4n) is 2.42. The molecule has 0 bridgehead atoms. The van der Waals surface area contributed by atoms with E-state index in [1.807, 2.05) is 0 Å². The van der Waals surface area contributed by atoms with Crippen molar-refractivity contribution in [1.82, 2.24) is 10.2 Å². The maximum Gasteiger partial charge on any atom is 0.0223 e. The Morgan fingerprint density at radius 1 is 1.06 bits per heavy atom. The molecule has 0 aromatic carbocycles. The van der Waals surface area contributed by atoms with Crippen LogP contribution in [0.5, 0.6) is 0 Å². The lowest BCUT2D eigenvalue weighted by molar-refractivity contribution is 0.119. The normalized spacial score (nSPS) is 17.4. The molecule has 0 spiro atoms. The van der Waals surface area contributed by atoms with Gasteiger partial charge in [0.2, 0.25) is 0 Å². The fraction of sp³-hybridized carbons (Fsp3) is 1.00. The highest BCUT2D eigenvalue weighted by molar-refractivity contribution is 4.82. The quantitative estimate of drug-likeness (QED) is 0.651. The zero-order valence-corrected chi connectivity index (χ0v) is 12.2. The van der Waals surface area contributed by atoms with E-state index in [-0.39, 0.29) is 0 Å². The number of rotatable bonds is 9. The summed E-state index contributed by atoms with van der Waals surface area (Å²) in [7, 11) is 2.08. The van der Waals surface area contributed by atoms with Crippen molar-refractivity contribution in [2.24, 2.45) is 0 Å². The van der Waals surface area contributed by atoms with Gasteiger partial charge < -0.3 is 5.32 Å². The topological polar surface area (TPSA) is 15.3 Å². The van der Waals surface area contributed by atoms with Crippen LogP contribution in [-0.4, -0.2) is 36.6 Å². The second-order valence-corrected chi connectivity index (χ2v) is 4.89. The third-order valence-corrected chi connectivity index (χ3v) is 3.84. The summed E-state index contributed by atoms with van der Waals surface area (Å²) in [5.74, 6) is 0. The Labute approximate surface area is 103 Å². The molecule has 98 valence electrons. The number of nitrogens with zero attached hydrogens (tertiary/aromatic N) is 1. The van der Waals surface area contributed by atoms with Crippen LogP contribution in [0.4, 0.5) is 0 Å². The molecule has 1 N–H and O–H groups in total. The van der Waals surface area contributed by atoms with Crippen molar-refractivity contribution in [3.8, 4) is 0 Å². The van der Waals surface area contributed by atoms with Crippen molar-refractivity contribution < 1.29 is 0 Å². The third-order valence-electron chi connectivity index (χ3n) is 3.84. The SMILES string of the molecule is CCCCN(C(C)CC)C(C)C(CC)NC. The van der Waals surface area contributed by atoms with Gasteiger partial charge in [0.1, 0.15) is 0 Å². The molecule has 0 aliphatic rings. The first-order valence-corrected chi connectivity index (χ1v) is 7.05. The standard InChI is InChI=1S/C14H32N2/c1-7-10-11-16(12(4)8-2)13(5)14(9-3)15-6/h12-15H,7-11H2,1-6H3. The third kappa shape index (κ3) is 4.84. The average molecular weight is 228 g/mol. The van der Waals surface area contributed by atoms with Gasteiger partial charge in [-0.3, -0.25) is 4.90 Å². The van der Waals surface area contributed by atoms with Gasteiger partial charge in [-0.2, -0.15) is 0 Å². The first-order valence-electron chi connectivity index (χ1n) is 7.05. The van der Waals surface area contributed by atoms with E-state index in [0.29, 0.717) is 18.1 Å². The van der Waals surface area contributed by atoms with Crippen molar-refractivity contribution in [1.29, 1.82) is 0 Å². The number of hydrogen-bond donors (Lipinski definition) is 1. The zero-order valence-electron chi connectivity index (χ0n) is 12.2. The monoisotopic (exact) mass is 228 g/mol. The fourth-order valence-corrected chi connectivity index (χ4v) is 2.42. The molecule has 2 nitrogen and oxygen atoms in total. The summed E-state index contributed by atoms with van der Waals surface area (Å²) in [6.45, 7) is 12.8. The van der Waals surface area contributed by atoms with Crippen LogP contribution in [0.1, 0.15) is 60.3 Å². The summed E-state index contributed by atoms with van der Waals surface area (Å²) < 4.78 is 0. The predicted octanol–water partition coefficient (Wildman–Crippen LogP) is 3.27. The summed E-state index contributed by atoms with van der Waals surface area (Å²) in [6, 6.07) is 1.95. The summed E-state index contributed by atoms with van der Waals surface area (Å²) >= 11 is 0. The van der Waals surface area contributed by atoms with Gasteiger partial charge in [-0.25, -0.2) is 0 Å².